The van der Waals surface area contributed by atoms with E-state index in [1.165, 1.54) is 16.7 Å². The van der Waals surface area contributed by atoms with E-state index in [1.54, 1.807) is 10.6 Å². The fraction of sp³-hybridized carbons (Fsp3) is 0.348. The number of nitrogens with zero attached hydrogens (tertiary/aromatic N) is 2. The molecule has 2 aromatic carbocycles. The molecule has 0 radical (unpaired) electrons. The average Bonchev–Trinajstić information content (AvgIpc) is 2.67. The average molecular weight is 426 g/mol. The van der Waals surface area contributed by atoms with Gasteiger partial charge < -0.3 is 10.2 Å². The number of thioether (sulfide) groups is 1. The van der Waals surface area contributed by atoms with Crippen LogP contribution in [0.2, 0.25) is 0 Å². The van der Waals surface area contributed by atoms with E-state index in [-0.39, 0.29) is 17.2 Å². The maximum atomic E-state index is 13.0. The topological polar surface area (TPSA) is 68.4 Å². The molecule has 2 N–H and O–H groups in total. The van der Waals surface area contributed by atoms with Gasteiger partial charge in [0.2, 0.25) is 5.91 Å². The van der Waals surface area contributed by atoms with E-state index < -0.39 is 0 Å². The zero-order chi connectivity index (χ0) is 21.7. The van der Waals surface area contributed by atoms with Crippen LogP contribution in [0.3, 0.4) is 0 Å². The molecule has 0 fully saturated rings. The molecule has 1 aromatic heterocycles. The Bertz CT molecular complexity index is 1090. The highest BCUT2D eigenvalue weighted by molar-refractivity contribution is 7.99. The molecule has 158 valence electrons. The summed E-state index contributed by atoms with van der Waals surface area (Å²) < 4.78 is 1.71. The number of para-hydroxylation sites is 1. The van der Waals surface area contributed by atoms with Gasteiger partial charge in [-0.15, -0.1) is 0 Å². The number of carbonyl (C=O) groups is 1. The smallest absolute Gasteiger partial charge is 0.262 e. The van der Waals surface area contributed by atoms with Crippen molar-refractivity contribution in [2.45, 2.75) is 32.0 Å². The fourth-order valence-electron chi connectivity index (χ4n) is 3.42. The molecule has 0 aliphatic rings. The second kappa shape index (κ2) is 9.91. The van der Waals surface area contributed by atoms with E-state index >= 15 is 0 Å². The molecule has 0 bridgehead atoms. The number of nitrogens with one attached hydrogen (secondary N) is 2. The molecule has 3 rings (SSSR count). The highest BCUT2D eigenvalue weighted by Crippen LogP contribution is 2.19. The largest absolute Gasteiger partial charge is 0.340 e. The number of aromatic nitrogens is 2. The molecular weight excluding hydrogens is 396 g/mol. The van der Waals surface area contributed by atoms with Crippen molar-refractivity contribution in [3.8, 4) is 0 Å². The number of amides is 1. The van der Waals surface area contributed by atoms with E-state index in [0.717, 1.165) is 29.8 Å². The predicted molar refractivity (Wildman–Crippen MR) is 124 cm³/mol. The summed E-state index contributed by atoms with van der Waals surface area (Å²) in [6.07, 6.45) is 0.866. The van der Waals surface area contributed by atoms with Crippen LogP contribution in [0.15, 0.2) is 52.4 Å². The van der Waals surface area contributed by atoms with Gasteiger partial charge in [-0.25, -0.2) is 4.98 Å². The van der Waals surface area contributed by atoms with E-state index in [4.69, 9.17) is 0 Å². The molecule has 0 saturated heterocycles. The van der Waals surface area contributed by atoms with Crippen molar-refractivity contribution in [2.75, 3.05) is 31.7 Å². The van der Waals surface area contributed by atoms with Crippen molar-refractivity contribution >= 4 is 34.3 Å². The second-order valence-corrected chi connectivity index (χ2v) is 8.83. The van der Waals surface area contributed by atoms with Gasteiger partial charge in [-0.1, -0.05) is 30.0 Å². The first-order chi connectivity index (χ1) is 14.3. The molecule has 0 saturated carbocycles. The fourth-order valence-corrected chi connectivity index (χ4v) is 4.25. The molecule has 0 spiro atoms. The van der Waals surface area contributed by atoms with Gasteiger partial charge in [0.05, 0.1) is 37.3 Å². The van der Waals surface area contributed by atoms with Crippen molar-refractivity contribution < 1.29 is 9.69 Å². The van der Waals surface area contributed by atoms with Crippen LogP contribution < -0.4 is 15.8 Å². The number of quaternary nitrogens is 1. The normalized spacial score (nSPS) is 11.2. The molecule has 0 aliphatic heterocycles. The minimum Gasteiger partial charge on any atom is -0.340 e. The van der Waals surface area contributed by atoms with Gasteiger partial charge in [0, 0.05) is 18.7 Å². The summed E-state index contributed by atoms with van der Waals surface area (Å²) >= 11 is 1.30. The Morgan fingerprint density at radius 3 is 2.53 bits per heavy atom. The molecule has 30 heavy (non-hydrogen) atoms. The third kappa shape index (κ3) is 5.70. The number of hydrogen-bond acceptors (Lipinski definition) is 4. The van der Waals surface area contributed by atoms with Crippen LogP contribution in [0.4, 0.5) is 5.69 Å². The van der Waals surface area contributed by atoms with Crippen LogP contribution >= 0.6 is 11.8 Å². The number of carbonyl (C=O) groups excluding carboxylic acids is 1. The Morgan fingerprint density at radius 2 is 1.83 bits per heavy atom. The zero-order valence-corrected chi connectivity index (χ0v) is 18.8. The van der Waals surface area contributed by atoms with Gasteiger partial charge in [-0.3, -0.25) is 14.2 Å². The summed E-state index contributed by atoms with van der Waals surface area (Å²) in [6.45, 7) is 5.55. The zero-order valence-electron chi connectivity index (χ0n) is 18.0. The molecule has 0 unspecified atom stereocenters. The molecular formula is C23H29N4O2S+. The van der Waals surface area contributed by atoms with Crippen molar-refractivity contribution in [2.24, 2.45) is 0 Å². The van der Waals surface area contributed by atoms with E-state index in [1.807, 2.05) is 44.2 Å². The first kappa shape index (κ1) is 22.1. The predicted octanol–water partition coefficient (Wildman–Crippen LogP) is 2.28. The summed E-state index contributed by atoms with van der Waals surface area (Å²) in [4.78, 5) is 31.6. The molecule has 6 nitrogen and oxygen atoms in total. The van der Waals surface area contributed by atoms with Gasteiger partial charge in [0.1, 0.15) is 0 Å². The van der Waals surface area contributed by atoms with Crippen LogP contribution in [0.25, 0.3) is 10.9 Å². The van der Waals surface area contributed by atoms with Crippen LogP contribution in [0, 0.1) is 13.8 Å². The van der Waals surface area contributed by atoms with Crippen LogP contribution in [0.5, 0.6) is 0 Å². The van der Waals surface area contributed by atoms with Crippen molar-refractivity contribution in [3.63, 3.8) is 0 Å². The highest BCUT2D eigenvalue weighted by Gasteiger charge is 2.14. The van der Waals surface area contributed by atoms with Crippen LogP contribution in [-0.4, -0.2) is 41.9 Å². The number of benzene rings is 2. The summed E-state index contributed by atoms with van der Waals surface area (Å²) in [6, 6.07) is 13.3. The summed E-state index contributed by atoms with van der Waals surface area (Å²) in [7, 11) is 4.18. The Balaban J connectivity index is 1.79. The van der Waals surface area contributed by atoms with E-state index in [2.05, 4.69) is 30.5 Å². The van der Waals surface area contributed by atoms with Gasteiger partial charge in [-0.05, 0) is 49.2 Å². The van der Waals surface area contributed by atoms with Crippen LogP contribution in [-0.2, 0) is 11.3 Å². The molecule has 0 atom stereocenters. The Hall–Kier alpha value is -2.64. The van der Waals surface area contributed by atoms with Crippen molar-refractivity contribution in [1.82, 2.24) is 9.55 Å². The highest BCUT2D eigenvalue weighted by atomic mass is 32.2. The lowest BCUT2D eigenvalue weighted by Gasteiger charge is -2.14. The Morgan fingerprint density at radius 1 is 1.13 bits per heavy atom. The van der Waals surface area contributed by atoms with Crippen molar-refractivity contribution in [3.05, 3.63) is 63.9 Å². The molecule has 1 amide bonds. The van der Waals surface area contributed by atoms with Gasteiger partial charge in [0.25, 0.3) is 5.56 Å². The summed E-state index contributed by atoms with van der Waals surface area (Å²) in [5, 5.41) is 4.14. The number of aryl methyl sites for hydroxylation is 2. The number of fused-ring (bicyclic) bond motifs is 1. The van der Waals surface area contributed by atoms with Gasteiger partial charge in [-0.2, -0.15) is 0 Å². The molecule has 7 heteroatoms. The SMILES string of the molecule is Cc1cc(C)cc(NC(=O)CSc2nc3ccccc3c(=O)n2CCC[NH+](C)C)c1. The van der Waals surface area contributed by atoms with Crippen molar-refractivity contribution in [1.29, 1.82) is 0 Å². The van der Waals surface area contributed by atoms with Gasteiger partial charge >= 0.3 is 0 Å². The minimum atomic E-state index is -0.114. The molecule has 3 aromatic rings. The third-order valence-electron chi connectivity index (χ3n) is 4.72. The number of rotatable bonds is 8. The first-order valence-corrected chi connectivity index (χ1v) is 11.1. The lowest BCUT2D eigenvalue weighted by atomic mass is 10.1. The Kier molecular flexibility index (Phi) is 7.29. The summed E-state index contributed by atoms with van der Waals surface area (Å²) in [5.74, 6) is 0.0770. The monoisotopic (exact) mass is 425 g/mol. The Labute approximate surface area is 181 Å². The van der Waals surface area contributed by atoms with Crippen LogP contribution in [0.1, 0.15) is 17.5 Å². The maximum absolute atomic E-state index is 13.0. The standard InChI is InChI=1S/C23H28N4O2S/c1-16-12-17(2)14-18(13-16)24-21(28)15-30-23-25-20-9-6-5-8-19(20)22(29)27(23)11-7-10-26(3)4/h5-6,8-9,12-14H,7,10-11,15H2,1-4H3,(H,24,28)/p+1. The number of hydrogen-bond donors (Lipinski definition) is 2. The molecule has 0 aliphatic carbocycles. The first-order valence-electron chi connectivity index (χ1n) is 10.1. The summed E-state index contributed by atoms with van der Waals surface area (Å²) in [5.41, 5.74) is 3.61. The molecule has 1 heterocycles. The second-order valence-electron chi connectivity index (χ2n) is 7.89. The van der Waals surface area contributed by atoms with E-state index in [0.29, 0.717) is 22.6 Å². The lowest BCUT2D eigenvalue weighted by molar-refractivity contribution is -0.858. The minimum absolute atomic E-state index is 0.0495. The lowest BCUT2D eigenvalue weighted by Crippen LogP contribution is -3.05. The van der Waals surface area contributed by atoms with E-state index in [9.17, 15) is 9.59 Å². The third-order valence-corrected chi connectivity index (χ3v) is 5.70. The quantitative estimate of drug-likeness (QED) is 0.429. The number of anilines is 1. The van der Waals surface area contributed by atoms with Gasteiger partial charge in [0.15, 0.2) is 5.16 Å². The maximum Gasteiger partial charge on any atom is 0.262 e.